The van der Waals surface area contributed by atoms with E-state index in [1.165, 1.54) is 54.9 Å². The number of benzene rings is 10. The van der Waals surface area contributed by atoms with Gasteiger partial charge >= 0.3 is 0 Å². The Labute approximate surface area is 399 Å². The average molecular weight is 880 g/mol. The van der Waals surface area contributed by atoms with Gasteiger partial charge in [0.1, 0.15) is 0 Å². The van der Waals surface area contributed by atoms with Crippen molar-refractivity contribution >= 4 is 48.9 Å². The fourth-order valence-electron chi connectivity index (χ4n) is 10.8. The quantitative estimate of drug-likeness (QED) is 0.123. The van der Waals surface area contributed by atoms with Crippen molar-refractivity contribution in [3.8, 4) is 78.7 Å². The molecule has 69 heavy (non-hydrogen) atoms. The first-order valence-electron chi connectivity index (χ1n) is 23.3. The van der Waals surface area contributed by atoms with E-state index in [2.05, 4.69) is 176 Å². The van der Waals surface area contributed by atoms with Crippen LogP contribution in [0.25, 0.3) is 127 Å². The van der Waals surface area contributed by atoms with E-state index in [-0.39, 0.29) is 5.41 Å². The minimum absolute atomic E-state index is 0.160. The molecule has 1 aliphatic carbocycles. The van der Waals surface area contributed by atoms with Gasteiger partial charge in [-0.25, -0.2) is 19.8 Å². The molecule has 12 aromatic rings. The Morgan fingerprint density at radius 3 is 1.65 bits per heavy atom. The van der Waals surface area contributed by atoms with Gasteiger partial charge in [0.25, 0.3) is 0 Å². The van der Waals surface area contributed by atoms with Crippen LogP contribution in [0.1, 0.15) is 25.0 Å². The predicted octanol–water partition coefficient (Wildman–Crippen LogP) is 16.7. The Bertz CT molecular complexity index is 4110. The minimum Gasteiger partial charge on any atom is -0.256 e. The summed E-state index contributed by atoms with van der Waals surface area (Å²) in [5.41, 5.74) is 16.0. The molecule has 5 heteroatoms. The van der Waals surface area contributed by atoms with E-state index in [0.717, 1.165) is 60.6 Å². The van der Waals surface area contributed by atoms with Crippen molar-refractivity contribution < 1.29 is 0 Å². The Kier molecular flexibility index (Phi) is 9.18. The van der Waals surface area contributed by atoms with Crippen LogP contribution >= 0.6 is 0 Å². The number of rotatable bonds is 6. The van der Waals surface area contributed by atoms with Crippen LogP contribution in [0.2, 0.25) is 0 Å². The van der Waals surface area contributed by atoms with E-state index in [0.29, 0.717) is 23.2 Å². The molecular formula is C64H41N5. The van der Waals surface area contributed by atoms with E-state index >= 15 is 0 Å². The Morgan fingerprint density at radius 2 is 0.884 bits per heavy atom. The first-order chi connectivity index (χ1) is 33.9. The topological polar surface area (TPSA) is 55.9 Å². The van der Waals surface area contributed by atoms with Gasteiger partial charge in [-0.2, -0.15) is 0 Å². The first-order valence-corrected chi connectivity index (χ1v) is 23.3. The molecular weight excluding hydrogens is 839 g/mol. The molecule has 0 N–H and O–H groups in total. The van der Waals surface area contributed by atoms with Gasteiger partial charge in [0.2, 0.25) is 0 Å². The zero-order chi connectivity index (χ0) is 46.2. The van der Waals surface area contributed by atoms with Crippen LogP contribution in [0.3, 0.4) is 0 Å². The Morgan fingerprint density at radius 1 is 0.348 bits per heavy atom. The second-order valence-corrected chi connectivity index (χ2v) is 18.4. The third-order valence-corrected chi connectivity index (χ3v) is 14.2. The fourth-order valence-corrected chi connectivity index (χ4v) is 10.8. The van der Waals surface area contributed by atoms with Crippen molar-refractivity contribution in [2.24, 2.45) is 0 Å². The lowest BCUT2D eigenvalue weighted by Gasteiger charge is -2.21. The van der Waals surface area contributed by atoms with Crippen molar-refractivity contribution in [1.82, 2.24) is 19.9 Å². The van der Waals surface area contributed by atoms with Gasteiger partial charge in [-0.05, 0) is 113 Å². The summed E-state index contributed by atoms with van der Waals surface area (Å²) in [4.78, 5) is 24.3. The van der Waals surface area contributed by atoms with E-state index in [4.69, 9.17) is 26.5 Å². The van der Waals surface area contributed by atoms with Crippen LogP contribution in [-0.2, 0) is 5.41 Å². The number of hydrogen-bond donors (Lipinski definition) is 0. The highest BCUT2D eigenvalue weighted by Gasteiger charge is 2.35. The van der Waals surface area contributed by atoms with Crippen molar-refractivity contribution in [3.63, 3.8) is 0 Å². The molecule has 1 aliphatic rings. The normalized spacial score (nSPS) is 12.6. The molecule has 0 saturated carbocycles. The second kappa shape index (κ2) is 15.8. The molecule has 0 aliphatic heterocycles. The predicted molar refractivity (Wildman–Crippen MR) is 284 cm³/mol. The summed E-state index contributed by atoms with van der Waals surface area (Å²) >= 11 is 0. The van der Waals surface area contributed by atoms with Crippen LogP contribution in [-0.4, -0.2) is 19.9 Å². The first kappa shape index (κ1) is 40.2. The summed E-state index contributed by atoms with van der Waals surface area (Å²) in [7, 11) is 0. The average Bonchev–Trinajstić information content (AvgIpc) is 3.65. The summed E-state index contributed by atoms with van der Waals surface area (Å²) in [5.74, 6) is 1.87. The maximum Gasteiger partial charge on any atom is 0.187 e. The SMILES string of the molecule is [C-]#[N+]c1ccc(-c2ccc(-c3cc4c5cccnc5c(-c5cccc(-c6nc(-c7ccccc7)nc(-c7ccc8c(c7)C(C)(C)c7ccccc7-8)n6)c5)cc4c4ccccc34)c3ccccc23)cc1. The molecule has 0 unspecified atom stereocenters. The molecule has 322 valence electrons. The molecule has 0 amide bonds. The van der Waals surface area contributed by atoms with Gasteiger partial charge in [-0.3, -0.25) is 4.98 Å². The number of aromatic nitrogens is 4. The molecule has 5 nitrogen and oxygen atoms in total. The zero-order valence-electron chi connectivity index (χ0n) is 37.9. The van der Waals surface area contributed by atoms with Crippen LogP contribution in [0.5, 0.6) is 0 Å². The highest BCUT2D eigenvalue weighted by molar-refractivity contribution is 6.24. The summed E-state index contributed by atoms with van der Waals surface area (Å²) in [6.07, 6.45) is 1.89. The molecule has 0 bridgehead atoms. The van der Waals surface area contributed by atoms with Crippen molar-refractivity contribution in [1.29, 1.82) is 0 Å². The molecule has 0 radical (unpaired) electrons. The van der Waals surface area contributed by atoms with Gasteiger partial charge < -0.3 is 0 Å². The van der Waals surface area contributed by atoms with E-state index in [1.807, 2.05) is 54.7 Å². The molecule has 2 aromatic heterocycles. The van der Waals surface area contributed by atoms with Crippen LogP contribution in [0, 0.1) is 6.57 Å². The molecule has 2 heterocycles. The number of nitrogens with zero attached hydrogens (tertiary/aromatic N) is 5. The third-order valence-electron chi connectivity index (χ3n) is 14.2. The lowest BCUT2D eigenvalue weighted by Crippen LogP contribution is -2.15. The largest absolute Gasteiger partial charge is 0.256 e. The molecule has 10 aromatic carbocycles. The number of pyridine rings is 1. The van der Waals surface area contributed by atoms with Crippen molar-refractivity contribution in [2.45, 2.75) is 19.3 Å². The molecule has 0 fully saturated rings. The molecule has 0 spiro atoms. The van der Waals surface area contributed by atoms with Gasteiger partial charge in [-0.15, -0.1) is 0 Å². The van der Waals surface area contributed by atoms with Crippen LogP contribution in [0.15, 0.2) is 212 Å². The smallest absolute Gasteiger partial charge is 0.187 e. The maximum absolute atomic E-state index is 7.46. The second-order valence-electron chi connectivity index (χ2n) is 18.4. The van der Waals surface area contributed by atoms with Gasteiger partial charge in [-0.1, -0.05) is 190 Å². The van der Waals surface area contributed by atoms with Gasteiger partial charge in [0, 0.05) is 39.3 Å². The van der Waals surface area contributed by atoms with Gasteiger partial charge in [0.05, 0.1) is 12.1 Å². The van der Waals surface area contributed by atoms with Crippen LogP contribution in [0.4, 0.5) is 5.69 Å². The fraction of sp³-hybridized carbons (Fsp3) is 0.0469. The Hall–Kier alpha value is -9.11. The Balaban J connectivity index is 0.965. The standard InChI is InChI=1S/C64H41N5/c1-64(2)58-25-12-11-23-51(58)52-31-28-43(36-59(52)64)63-68-61(40-15-5-4-6-16-40)67-62(69-63)42-18-13-17-41(35-42)54-37-56-49-22-10-9-21-48(49)55(38-57(56)53-24-14-34-66-60(53)54)50-33-32-45(46-19-7-8-20-47(46)50)39-26-29-44(65-3)30-27-39/h4-38H,1-2H3. The molecule has 0 atom stereocenters. The summed E-state index contributed by atoms with van der Waals surface area (Å²) in [6, 6.07) is 72.8. The molecule has 0 saturated heterocycles. The lowest BCUT2D eigenvalue weighted by atomic mass is 9.82. The minimum atomic E-state index is -0.160. The van der Waals surface area contributed by atoms with Crippen molar-refractivity contribution in [3.05, 3.63) is 235 Å². The highest BCUT2D eigenvalue weighted by Crippen LogP contribution is 2.50. The van der Waals surface area contributed by atoms with E-state index < -0.39 is 0 Å². The lowest BCUT2D eigenvalue weighted by molar-refractivity contribution is 0.660. The summed E-state index contributed by atoms with van der Waals surface area (Å²) in [6.45, 7) is 12.1. The monoisotopic (exact) mass is 879 g/mol. The number of fused-ring (bicyclic) bond motifs is 9. The van der Waals surface area contributed by atoms with Gasteiger partial charge in [0.15, 0.2) is 23.2 Å². The van der Waals surface area contributed by atoms with Crippen LogP contribution < -0.4 is 0 Å². The molecule has 13 rings (SSSR count). The highest BCUT2D eigenvalue weighted by atomic mass is 15.0. The van der Waals surface area contributed by atoms with E-state index in [1.54, 1.807) is 0 Å². The number of hydrogen-bond acceptors (Lipinski definition) is 4. The maximum atomic E-state index is 7.46. The summed E-state index contributed by atoms with van der Waals surface area (Å²) in [5, 5.41) is 8.07. The zero-order valence-corrected chi connectivity index (χ0v) is 37.9. The third kappa shape index (κ3) is 6.53. The van der Waals surface area contributed by atoms with Crippen molar-refractivity contribution in [2.75, 3.05) is 0 Å². The van der Waals surface area contributed by atoms with E-state index in [9.17, 15) is 0 Å². The summed E-state index contributed by atoms with van der Waals surface area (Å²) < 4.78 is 0.